The molecule has 1 amide bonds. The van der Waals surface area contributed by atoms with E-state index in [-0.39, 0.29) is 23.0 Å². The monoisotopic (exact) mass is 302 g/mol. The van der Waals surface area contributed by atoms with Crippen molar-refractivity contribution in [1.82, 2.24) is 4.98 Å². The number of anilines is 1. The molecule has 0 bridgehead atoms. The largest absolute Gasteiger partial charge is 0.496 e. The molecular formula is C16H23BN2O3. The molecule has 6 heteroatoms. The molecule has 0 aromatic carbocycles. The second-order valence-corrected chi connectivity index (χ2v) is 7.25. The van der Waals surface area contributed by atoms with Gasteiger partial charge in [-0.2, -0.15) is 0 Å². The first-order valence-corrected chi connectivity index (χ1v) is 7.83. The van der Waals surface area contributed by atoms with Crippen LogP contribution in [-0.2, 0) is 14.1 Å². The lowest BCUT2D eigenvalue weighted by molar-refractivity contribution is -0.117. The number of hydrogen-bond acceptors (Lipinski definition) is 4. The number of nitrogens with zero attached hydrogens (tertiary/aromatic N) is 1. The minimum atomic E-state index is -0.463. The van der Waals surface area contributed by atoms with E-state index in [0.29, 0.717) is 0 Å². The Labute approximate surface area is 131 Å². The lowest BCUT2D eigenvalue weighted by Crippen LogP contribution is -2.41. The fraction of sp³-hybridized carbons (Fsp3) is 0.625. The van der Waals surface area contributed by atoms with Crippen LogP contribution in [0.15, 0.2) is 12.3 Å². The fourth-order valence-electron chi connectivity index (χ4n) is 2.36. The van der Waals surface area contributed by atoms with Gasteiger partial charge in [-0.25, -0.2) is 0 Å². The first kappa shape index (κ1) is 15.5. The summed E-state index contributed by atoms with van der Waals surface area (Å²) in [5.41, 5.74) is 1.59. The summed E-state index contributed by atoms with van der Waals surface area (Å²) in [4.78, 5) is 16.3. The van der Waals surface area contributed by atoms with Crippen LogP contribution in [0.25, 0.3) is 0 Å². The van der Waals surface area contributed by atoms with E-state index in [4.69, 9.17) is 9.31 Å². The van der Waals surface area contributed by atoms with Crippen LogP contribution in [0.1, 0.15) is 46.2 Å². The number of carbonyl (C=O) groups excluding carboxylic acids is 1. The third-order valence-corrected chi connectivity index (χ3v) is 4.84. The lowest BCUT2D eigenvalue weighted by Gasteiger charge is -2.32. The molecule has 3 rings (SSSR count). The van der Waals surface area contributed by atoms with Crippen LogP contribution in [0.2, 0.25) is 0 Å². The van der Waals surface area contributed by atoms with Gasteiger partial charge >= 0.3 is 7.12 Å². The third-order valence-electron chi connectivity index (χ3n) is 4.84. The van der Waals surface area contributed by atoms with Crippen molar-refractivity contribution in [2.75, 3.05) is 5.32 Å². The van der Waals surface area contributed by atoms with E-state index in [2.05, 4.69) is 10.3 Å². The van der Waals surface area contributed by atoms with Gasteiger partial charge in [-0.15, -0.1) is 0 Å². The Kier molecular flexibility index (Phi) is 3.57. The molecule has 1 saturated heterocycles. The van der Waals surface area contributed by atoms with Crippen molar-refractivity contribution in [3.8, 4) is 0 Å². The van der Waals surface area contributed by atoms with Gasteiger partial charge in [0.05, 0.1) is 22.6 Å². The molecule has 0 unspecified atom stereocenters. The highest BCUT2D eigenvalue weighted by molar-refractivity contribution is 6.62. The Bertz CT molecular complexity index is 595. The minimum absolute atomic E-state index is 0.0796. The van der Waals surface area contributed by atoms with E-state index in [1.54, 1.807) is 6.20 Å². The van der Waals surface area contributed by atoms with Gasteiger partial charge in [0.15, 0.2) is 0 Å². The molecule has 1 N–H and O–H groups in total. The number of pyridine rings is 1. The SMILES string of the molecule is Cc1ncc(B2OC(C)(C)C(C)(C)O2)cc1NC(=O)C1CC1. The second kappa shape index (κ2) is 5.06. The number of carbonyl (C=O) groups is 1. The highest BCUT2D eigenvalue weighted by atomic mass is 16.7. The summed E-state index contributed by atoms with van der Waals surface area (Å²) in [7, 11) is -0.463. The van der Waals surface area contributed by atoms with Crippen molar-refractivity contribution >= 4 is 24.2 Å². The van der Waals surface area contributed by atoms with Crippen molar-refractivity contribution in [2.45, 2.75) is 58.7 Å². The fourth-order valence-corrected chi connectivity index (χ4v) is 2.36. The Morgan fingerprint density at radius 3 is 2.41 bits per heavy atom. The van der Waals surface area contributed by atoms with Crippen molar-refractivity contribution in [3.05, 3.63) is 18.0 Å². The molecule has 0 spiro atoms. The zero-order valence-electron chi connectivity index (χ0n) is 13.9. The van der Waals surface area contributed by atoms with Crippen LogP contribution in [0.3, 0.4) is 0 Å². The second-order valence-electron chi connectivity index (χ2n) is 7.25. The molecule has 1 aromatic heterocycles. The van der Waals surface area contributed by atoms with Gasteiger partial charge < -0.3 is 14.6 Å². The highest BCUT2D eigenvalue weighted by Gasteiger charge is 2.51. The summed E-state index contributed by atoms with van der Waals surface area (Å²) in [6.07, 6.45) is 3.72. The van der Waals surface area contributed by atoms with Gasteiger partial charge in [0.2, 0.25) is 5.91 Å². The molecule has 1 aliphatic carbocycles. The molecule has 2 fully saturated rings. The van der Waals surface area contributed by atoms with Gasteiger partial charge in [0.1, 0.15) is 0 Å². The summed E-state index contributed by atoms with van der Waals surface area (Å²) in [5.74, 6) is 0.246. The number of hydrogen-bond donors (Lipinski definition) is 1. The van der Waals surface area contributed by atoms with Crippen LogP contribution >= 0.6 is 0 Å². The maximum Gasteiger partial charge on any atom is 0.496 e. The first-order chi connectivity index (χ1) is 10.2. The molecule has 22 heavy (non-hydrogen) atoms. The Morgan fingerprint density at radius 1 is 1.27 bits per heavy atom. The first-order valence-electron chi connectivity index (χ1n) is 7.83. The number of rotatable bonds is 3. The molecule has 2 aliphatic rings. The van der Waals surface area contributed by atoms with Gasteiger partial charge in [0.25, 0.3) is 0 Å². The maximum atomic E-state index is 12.0. The number of aromatic nitrogens is 1. The standard InChI is InChI=1S/C16H23BN2O3/c1-10-13(19-14(20)11-6-7-11)8-12(9-18-10)17-21-15(2,3)16(4,5)22-17/h8-9,11H,6-7H2,1-5H3,(H,19,20). The molecule has 0 radical (unpaired) electrons. The number of aryl methyl sites for hydroxylation is 1. The van der Waals surface area contributed by atoms with E-state index in [1.165, 1.54) is 0 Å². The summed E-state index contributed by atoms with van der Waals surface area (Å²) >= 11 is 0. The molecule has 5 nitrogen and oxygen atoms in total. The topological polar surface area (TPSA) is 60.5 Å². The van der Waals surface area contributed by atoms with E-state index < -0.39 is 7.12 Å². The summed E-state index contributed by atoms with van der Waals surface area (Å²) in [6.45, 7) is 9.96. The van der Waals surface area contributed by atoms with E-state index in [1.807, 2.05) is 40.7 Å². The van der Waals surface area contributed by atoms with E-state index in [0.717, 1.165) is 29.7 Å². The predicted octanol–water partition coefficient (Wildman–Crippen LogP) is 2.04. The summed E-state index contributed by atoms with van der Waals surface area (Å²) in [6, 6.07) is 1.91. The molecule has 1 saturated carbocycles. The van der Waals surface area contributed by atoms with Crippen LogP contribution in [0, 0.1) is 12.8 Å². The molecule has 1 aromatic rings. The summed E-state index contributed by atoms with van der Waals surface area (Å²) < 4.78 is 12.1. The smallest absolute Gasteiger partial charge is 0.399 e. The van der Waals surface area contributed by atoms with Gasteiger partial charge in [-0.3, -0.25) is 9.78 Å². The highest BCUT2D eigenvalue weighted by Crippen LogP contribution is 2.36. The van der Waals surface area contributed by atoms with E-state index in [9.17, 15) is 4.79 Å². The van der Waals surface area contributed by atoms with Crippen molar-refractivity contribution in [1.29, 1.82) is 0 Å². The van der Waals surface area contributed by atoms with Crippen molar-refractivity contribution in [3.63, 3.8) is 0 Å². The average Bonchev–Trinajstić information content (AvgIpc) is 3.21. The lowest BCUT2D eigenvalue weighted by atomic mass is 9.80. The Morgan fingerprint density at radius 2 is 1.86 bits per heavy atom. The van der Waals surface area contributed by atoms with Gasteiger partial charge in [0, 0.05) is 17.6 Å². The summed E-state index contributed by atoms with van der Waals surface area (Å²) in [5, 5.41) is 2.96. The van der Waals surface area contributed by atoms with Crippen LogP contribution in [-0.4, -0.2) is 29.2 Å². The Balaban J connectivity index is 1.82. The van der Waals surface area contributed by atoms with Crippen molar-refractivity contribution < 1.29 is 14.1 Å². The van der Waals surface area contributed by atoms with Crippen LogP contribution in [0.5, 0.6) is 0 Å². The Hall–Kier alpha value is -1.40. The quantitative estimate of drug-likeness (QED) is 0.868. The minimum Gasteiger partial charge on any atom is -0.399 e. The molecule has 118 valence electrons. The third kappa shape index (κ3) is 2.77. The molecular weight excluding hydrogens is 279 g/mol. The van der Waals surface area contributed by atoms with Gasteiger partial charge in [-0.1, -0.05) is 0 Å². The number of amides is 1. The normalized spacial score (nSPS) is 22.7. The molecule has 0 atom stereocenters. The average molecular weight is 302 g/mol. The van der Waals surface area contributed by atoms with Gasteiger partial charge in [-0.05, 0) is 53.5 Å². The zero-order valence-corrected chi connectivity index (χ0v) is 13.9. The van der Waals surface area contributed by atoms with Crippen molar-refractivity contribution in [2.24, 2.45) is 5.92 Å². The van der Waals surface area contributed by atoms with Crippen LogP contribution < -0.4 is 10.8 Å². The predicted molar refractivity (Wildman–Crippen MR) is 86.0 cm³/mol. The van der Waals surface area contributed by atoms with Crippen LogP contribution in [0.4, 0.5) is 5.69 Å². The molecule has 2 heterocycles. The number of nitrogens with one attached hydrogen (secondary N) is 1. The van der Waals surface area contributed by atoms with E-state index >= 15 is 0 Å². The zero-order chi connectivity index (χ0) is 16.1. The molecule has 1 aliphatic heterocycles. The maximum absolute atomic E-state index is 12.0.